The van der Waals surface area contributed by atoms with E-state index in [4.69, 9.17) is 26.3 Å². The Hall–Kier alpha value is -4.01. The van der Waals surface area contributed by atoms with Crippen LogP contribution in [0.3, 0.4) is 0 Å². The van der Waals surface area contributed by atoms with Gasteiger partial charge in [0, 0.05) is 32.3 Å². The second-order valence-electron chi connectivity index (χ2n) is 6.89. The molecule has 0 atom stereocenters. The molecule has 0 aliphatic carbocycles. The number of halogens is 1. The molecule has 0 N–H and O–H groups in total. The van der Waals surface area contributed by atoms with Crippen LogP contribution in [0.25, 0.3) is 0 Å². The van der Waals surface area contributed by atoms with Crippen molar-refractivity contribution in [1.29, 1.82) is 10.5 Å². The molecule has 8 nitrogen and oxygen atoms in total. The summed E-state index contributed by atoms with van der Waals surface area (Å²) in [5.74, 6) is 1.73. The Morgan fingerprint density at radius 3 is 2.68 bits per heavy atom. The SMILES string of the molecule is CN1CCn2c1cc(OCc1ccc(Oc3ccc(Cl)c(C#N)c3)c(C#N)c1)nc2=O. The number of ether oxygens (including phenoxy) is 2. The molecule has 0 unspecified atom stereocenters. The molecule has 0 bridgehead atoms. The molecule has 0 amide bonds. The van der Waals surface area contributed by atoms with Crippen LogP contribution in [0.1, 0.15) is 16.7 Å². The minimum Gasteiger partial charge on any atom is -0.473 e. The van der Waals surface area contributed by atoms with Crippen LogP contribution in [0.4, 0.5) is 5.82 Å². The molecule has 3 aromatic rings. The van der Waals surface area contributed by atoms with Gasteiger partial charge in [0.15, 0.2) is 0 Å². The zero-order valence-electron chi connectivity index (χ0n) is 16.5. The van der Waals surface area contributed by atoms with Gasteiger partial charge in [0.1, 0.15) is 36.1 Å². The lowest BCUT2D eigenvalue weighted by molar-refractivity contribution is 0.291. The molecule has 1 aliphatic heterocycles. The first-order valence-corrected chi connectivity index (χ1v) is 9.72. The highest BCUT2D eigenvalue weighted by molar-refractivity contribution is 6.31. The van der Waals surface area contributed by atoms with E-state index in [0.717, 1.165) is 12.4 Å². The van der Waals surface area contributed by atoms with E-state index in [0.29, 0.717) is 34.2 Å². The summed E-state index contributed by atoms with van der Waals surface area (Å²) in [6.45, 7) is 1.49. The zero-order chi connectivity index (χ0) is 22.0. The lowest BCUT2D eigenvalue weighted by Gasteiger charge is -2.13. The Bertz CT molecular complexity index is 1310. The molecule has 154 valence electrons. The van der Waals surface area contributed by atoms with Crippen LogP contribution in [0.15, 0.2) is 47.3 Å². The van der Waals surface area contributed by atoms with E-state index in [1.807, 2.05) is 18.0 Å². The van der Waals surface area contributed by atoms with Gasteiger partial charge in [-0.1, -0.05) is 17.7 Å². The number of hydrogen-bond donors (Lipinski definition) is 0. The minimum absolute atomic E-state index is 0.133. The minimum atomic E-state index is -0.349. The predicted molar refractivity (Wildman–Crippen MR) is 113 cm³/mol. The number of benzene rings is 2. The lowest BCUT2D eigenvalue weighted by atomic mass is 10.1. The zero-order valence-corrected chi connectivity index (χ0v) is 17.3. The molecule has 0 radical (unpaired) electrons. The third-order valence-corrected chi connectivity index (χ3v) is 5.18. The third-order valence-electron chi connectivity index (χ3n) is 4.85. The van der Waals surface area contributed by atoms with Crippen molar-refractivity contribution in [3.05, 3.63) is 74.7 Å². The molecule has 31 heavy (non-hydrogen) atoms. The van der Waals surface area contributed by atoms with E-state index in [2.05, 4.69) is 11.1 Å². The van der Waals surface area contributed by atoms with E-state index in [-0.39, 0.29) is 23.7 Å². The first kappa shape index (κ1) is 20.3. The third kappa shape index (κ3) is 4.16. The summed E-state index contributed by atoms with van der Waals surface area (Å²) >= 11 is 5.94. The molecule has 0 saturated heterocycles. The predicted octanol–water partition coefficient (Wildman–Crippen LogP) is 3.46. The number of anilines is 1. The van der Waals surface area contributed by atoms with Gasteiger partial charge in [0.2, 0.25) is 5.88 Å². The van der Waals surface area contributed by atoms with Crippen molar-refractivity contribution in [1.82, 2.24) is 9.55 Å². The fourth-order valence-electron chi connectivity index (χ4n) is 3.22. The van der Waals surface area contributed by atoms with Crippen molar-refractivity contribution in [3.63, 3.8) is 0 Å². The Kier molecular flexibility index (Phi) is 5.48. The molecule has 4 rings (SSSR count). The molecule has 2 heterocycles. The fraction of sp³-hybridized carbons (Fsp3) is 0.182. The maximum Gasteiger partial charge on any atom is 0.352 e. The molecule has 0 spiro atoms. The summed E-state index contributed by atoms with van der Waals surface area (Å²) < 4.78 is 13.1. The highest BCUT2D eigenvalue weighted by Crippen LogP contribution is 2.29. The number of rotatable bonds is 5. The molecule has 1 aromatic heterocycles. The number of nitriles is 2. The summed E-state index contributed by atoms with van der Waals surface area (Å²) in [7, 11) is 1.90. The summed E-state index contributed by atoms with van der Waals surface area (Å²) in [6, 6.07) is 15.5. The Labute approximate surface area is 183 Å². The van der Waals surface area contributed by atoms with E-state index in [9.17, 15) is 10.1 Å². The number of fused-ring (bicyclic) bond motifs is 1. The maximum absolute atomic E-state index is 12.1. The van der Waals surface area contributed by atoms with Gasteiger partial charge in [-0.15, -0.1) is 0 Å². The molecule has 0 fully saturated rings. The van der Waals surface area contributed by atoms with Gasteiger partial charge in [0.05, 0.1) is 16.1 Å². The second-order valence-corrected chi connectivity index (χ2v) is 7.30. The van der Waals surface area contributed by atoms with Gasteiger partial charge >= 0.3 is 5.69 Å². The monoisotopic (exact) mass is 433 g/mol. The van der Waals surface area contributed by atoms with Crippen molar-refractivity contribution in [2.24, 2.45) is 0 Å². The lowest BCUT2D eigenvalue weighted by Crippen LogP contribution is -2.22. The highest BCUT2D eigenvalue weighted by atomic mass is 35.5. The summed E-state index contributed by atoms with van der Waals surface area (Å²) in [6.07, 6.45) is 0. The van der Waals surface area contributed by atoms with Crippen LogP contribution in [-0.4, -0.2) is 23.1 Å². The molecule has 1 aliphatic rings. The quantitative estimate of drug-likeness (QED) is 0.606. The number of hydrogen-bond acceptors (Lipinski definition) is 7. The van der Waals surface area contributed by atoms with Crippen LogP contribution in [0, 0.1) is 22.7 Å². The van der Waals surface area contributed by atoms with Gasteiger partial charge in [-0.3, -0.25) is 4.57 Å². The summed E-state index contributed by atoms with van der Waals surface area (Å²) in [4.78, 5) is 18.1. The normalized spacial score (nSPS) is 12.1. The first-order valence-electron chi connectivity index (χ1n) is 9.35. The molecule has 0 saturated carbocycles. The van der Waals surface area contributed by atoms with Gasteiger partial charge in [-0.05, 0) is 29.8 Å². The molecular formula is C22H16ClN5O3. The average molecular weight is 434 g/mol. The number of likely N-dealkylation sites (N-methyl/N-ethyl adjacent to an activating group) is 1. The van der Waals surface area contributed by atoms with Crippen molar-refractivity contribution >= 4 is 17.4 Å². The van der Waals surface area contributed by atoms with Crippen LogP contribution < -0.4 is 20.1 Å². The molecule has 2 aromatic carbocycles. The molecular weight excluding hydrogens is 418 g/mol. The van der Waals surface area contributed by atoms with Crippen LogP contribution >= 0.6 is 11.6 Å². The topological polar surface area (TPSA) is 104 Å². The van der Waals surface area contributed by atoms with E-state index in [1.54, 1.807) is 41.0 Å². The average Bonchev–Trinajstić information content (AvgIpc) is 3.15. The van der Waals surface area contributed by atoms with Crippen LogP contribution in [0.2, 0.25) is 5.02 Å². The standard InChI is InChI=1S/C22H16ClN5O3/c1-27-6-7-28-21(27)10-20(26-22(28)29)30-13-14-2-5-19(16(8-14)12-25)31-17-3-4-18(23)15(9-17)11-24/h2-5,8-10H,6-7,13H2,1H3. The maximum atomic E-state index is 12.1. The highest BCUT2D eigenvalue weighted by Gasteiger charge is 2.19. The van der Waals surface area contributed by atoms with Gasteiger partial charge in [-0.2, -0.15) is 15.5 Å². The van der Waals surface area contributed by atoms with Crippen LogP contribution in [0.5, 0.6) is 17.4 Å². The Balaban J connectivity index is 1.51. The van der Waals surface area contributed by atoms with Crippen molar-refractivity contribution in [2.45, 2.75) is 13.2 Å². The first-order chi connectivity index (χ1) is 15.0. The van der Waals surface area contributed by atoms with E-state index >= 15 is 0 Å². The molecule has 9 heteroatoms. The Morgan fingerprint density at radius 2 is 1.90 bits per heavy atom. The summed E-state index contributed by atoms with van der Waals surface area (Å²) in [5.41, 5.74) is 0.953. The van der Waals surface area contributed by atoms with E-state index < -0.39 is 0 Å². The van der Waals surface area contributed by atoms with Gasteiger partial charge in [0.25, 0.3) is 0 Å². The smallest absolute Gasteiger partial charge is 0.352 e. The second kappa shape index (κ2) is 8.39. The Morgan fingerprint density at radius 1 is 1.10 bits per heavy atom. The largest absolute Gasteiger partial charge is 0.473 e. The van der Waals surface area contributed by atoms with Crippen molar-refractivity contribution < 1.29 is 9.47 Å². The number of nitrogens with zero attached hydrogens (tertiary/aromatic N) is 5. The van der Waals surface area contributed by atoms with Crippen molar-refractivity contribution in [2.75, 3.05) is 18.5 Å². The van der Waals surface area contributed by atoms with Crippen molar-refractivity contribution in [3.8, 4) is 29.5 Å². The van der Waals surface area contributed by atoms with Gasteiger partial charge in [-0.25, -0.2) is 4.79 Å². The van der Waals surface area contributed by atoms with Gasteiger partial charge < -0.3 is 14.4 Å². The van der Waals surface area contributed by atoms with Crippen LogP contribution in [-0.2, 0) is 13.2 Å². The fourth-order valence-corrected chi connectivity index (χ4v) is 3.38. The van der Waals surface area contributed by atoms with E-state index in [1.165, 1.54) is 6.07 Å². The number of aromatic nitrogens is 2. The summed E-state index contributed by atoms with van der Waals surface area (Å²) in [5, 5.41) is 18.9.